The molecule has 7 nitrogen and oxygen atoms in total. The lowest BCUT2D eigenvalue weighted by Gasteiger charge is -2.45. The van der Waals surface area contributed by atoms with Crippen molar-refractivity contribution in [2.45, 2.75) is 69.3 Å². The molecule has 4 atom stereocenters. The van der Waals surface area contributed by atoms with Crippen molar-refractivity contribution in [1.82, 2.24) is 10.2 Å². The van der Waals surface area contributed by atoms with Gasteiger partial charge in [0.25, 0.3) is 0 Å². The molecule has 4 fully saturated rings. The molecule has 2 N–H and O–H groups in total. The number of nitrogens with zero attached hydrogens (tertiary/aromatic N) is 1. The van der Waals surface area contributed by atoms with E-state index in [0.717, 1.165) is 52.0 Å². The first-order valence-corrected chi connectivity index (χ1v) is 11.2. The molecule has 3 aliphatic heterocycles. The monoisotopic (exact) mass is 396 g/mol. The second kappa shape index (κ2) is 9.85. The molecule has 3 heterocycles. The molecular formula is C21H36N2O5. The minimum atomic E-state index is -0.452. The van der Waals surface area contributed by atoms with Crippen molar-refractivity contribution in [2.24, 2.45) is 11.8 Å². The van der Waals surface area contributed by atoms with E-state index in [9.17, 15) is 9.90 Å². The Hall–Kier alpha value is -0.730. The number of hydrogen-bond donors (Lipinski definition) is 2. The van der Waals surface area contributed by atoms with E-state index >= 15 is 0 Å². The summed E-state index contributed by atoms with van der Waals surface area (Å²) in [5.74, 6) is 1.43. The third-order valence-corrected chi connectivity index (χ3v) is 6.62. The van der Waals surface area contributed by atoms with E-state index in [1.165, 1.54) is 12.8 Å². The highest BCUT2D eigenvalue weighted by atomic mass is 16.5. The predicted molar refractivity (Wildman–Crippen MR) is 104 cm³/mol. The number of β-amino-alcohol motifs (C(OH)–C–C–N with tert-alkyl or cyclic N) is 1. The number of aliphatic hydroxyl groups is 1. The van der Waals surface area contributed by atoms with Crippen LogP contribution in [0.2, 0.25) is 0 Å². The van der Waals surface area contributed by atoms with Crippen LogP contribution in [-0.2, 0) is 19.0 Å². The fourth-order valence-electron chi connectivity index (χ4n) is 4.78. The Morgan fingerprint density at radius 2 is 1.82 bits per heavy atom. The molecule has 3 saturated heterocycles. The Morgan fingerprint density at radius 1 is 1.00 bits per heavy atom. The van der Waals surface area contributed by atoms with Crippen LogP contribution < -0.4 is 5.32 Å². The van der Waals surface area contributed by atoms with Gasteiger partial charge < -0.3 is 24.6 Å². The van der Waals surface area contributed by atoms with Gasteiger partial charge in [-0.1, -0.05) is 0 Å². The second-order valence-electron chi connectivity index (χ2n) is 9.09. The van der Waals surface area contributed by atoms with E-state index in [4.69, 9.17) is 14.2 Å². The third-order valence-electron chi connectivity index (χ3n) is 6.62. The molecule has 4 rings (SSSR count). The van der Waals surface area contributed by atoms with Crippen molar-refractivity contribution in [3.8, 4) is 0 Å². The van der Waals surface area contributed by atoms with Crippen molar-refractivity contribution in [3.63, 3.8) is 0 Å². The molecule has 4 aliphatic rings. The lowest BCUT2D eigenvalue weighted by Crippen LogP contribution is -2.57. The third kappa shape index (κ3) is 5.89. The summed E-state index contributed by atoms with van der Waals surface area (Å²) in [5, 5.41) is 13.3. The largest absolute Gasteiger partial charge is 0.389 e. The molecule has 0 spiro atoms. The Morgan fingerprint density at radius 3 is 2.61 bits per heavy atom. The summed E-state index contributed by atoms with van der Waals surface area (Å²) in [6.45, 7) is 4.96. The van der Waals surface area contributed by atoms with Gasteiger partial charge in [0.15, 0.2) is 0 Å². The Labute approximate surface area is 168 Å². The van der Waals surface area contributed by atoms with E-state index in [1.807, 2.05) is 0 Å². The first-order chi connectivity index (χ1) is 13.7. The number of fused-ring (bicyclic) bond motifs is 1. The van der Waals surface area contributed by atoms with Gasteiger partial charge in [0.05, 0.1) is 37.9 Å². The molecular weight excluding hydrogens is 360 g/mol. The second-order valence-corrected chi connectivity index (χ2v) is 9.09. The molecule has 0 aromatic rings. The molecule has 1 amide bonds. The van der Waals surface area contributed by atoms with Crippen molar-refractivity contribution >= 4 is 5.91 Å². The van der Waals surface area contributed by atoms with Gasteiger partial charge >= 0.3 is 0 Å². The summed E-state index contributed by atoms with van der Waals surface area (Å²) >= 11 is 0. The van der Waals surface area contributed by atoms with Gasteiger partial charge in [-0.2, -0.15) is 0 Å². The summed E-state index contributed by atoms with van der Waals surface area (Å²) < 4.78 is 17.6. The van der Waals surface area contributed by atoms with Gasteiger partial charge in [0.1, 0.15) is 0 Å². The van der Waals surface area contributed by atoms with Crippen LogP contribution in [0.4, 0.5) is 0 Å². The standard InChI is InChI=1S/C21H36N2O5/c24-17-12-23(11-16-5-7-26-8-6-16)19-4-3-18(28-20(19)14-27-13-17)9-21(25)22-10-15-1-2-15/h15-20,24H,1-14H2,(H,22,25)/t17-,18+,19-,20+/m0/s1. The number of hydrogen-bond acceptors (Lipinski definition) is 6. The Kier molecular flexibility index (Phi) is 7.22. The first kappa shape index (κ1) is 20.5. The van der Waals surface area contributed by atoms with Crippen LogP contribution in [0.1, 0.15) is 44.9 Å². The smallest absolute Gasteiger partial charge is 0.222 e. The van der Waals surface area contributed by atoms with Gasteiger partial charge in [-0.3, -0.25) is 9.69 Å². The van der Waals surface area contributed by atoms with Gasteiger partial charge in [-0.25, -0.2) is 0 Å². The average molecular weight is 397 g/mol. The van der Waals surface area contributed by atoms with Gasteiger partial charge in [0.2, 0.25) is 5.91 Å². The summed E-state index contributed by atoms with van der Waals surface area (Å²) in [7, 11) is 0. The molecule has 0 unspecified atom stereocenters. The summed E-state index contributed by atoms with van der Waals surface area (Å²) in [6, 6.07) is 0.253. The molecule has 1 saturated carbocycles. The van der Waals surface area contributed by atoms with Crippen molar-refractivity contribution < 1.29 is 24.1 Å². The normalized spacial score (nSPS) is 35.6. The lowest BCUT2D eigenvalue weighted by atomic mass is 9.92. The molecule has 160 valence electrons. The zero-order chi connectivity index (χ0) is 19.3. The van der Waals surface area contributed by atoms with Gasteiger partial charge in [-0.05, 0) is 50.4 Å². The number of aliphatic hydroxyl groups excluding tert-OH is 1. The highest BCUT2D eigenvalue weighted by molar-refractivity contribution is 5.76. The minimum absolute atomic E-state index is 0.0256. The maximum atomic E-state index is 12.2. The molecule has 28 heavy (non-hydrogen) atoms. The topological polar surface area (TPSA) is 80.3 Å². The zero-order valence-electron chi connectivity index (χ0n) is 16.9. The van der Waals surface area contributed by atoms with E-state index in [0.29, 0.717) is 38.0 Å². The fraction of sp³-hybridized carbons (Fsp3) is 0.952. The number of ether oxygens (including phenoxy) is 3. The highest BCUT2D eigenvalue weighted by Gasteiger charge is 2.38. The van der Waals surface area contributed by atoms with Crippen molar-refractivity contribution in [2.75, 3.05) is 46.1 Å². The van der Waals surface area contributed by atoms with Crippen LogP contribution in [0.5, 0.6) is 0 Å². The van der Waals surface area contributed by atoms with Crippen LogP contribution in [-0.4, -0.2) is 86.3 Å². The van der Waals surface area contributed by atoms with E-state index in [-0.39, 0.29) is 24.2 Å². The van der Waals surface area contributed by atoms with Gasteiger partial charge in [0, 0.05) is 38.9 Å². The molecule has 7 heteroatoms. The number of nitrogens with one attached hydrogen (secondary N) is 1. The molecule has 0 aromatic heterocycles. The van der Waals surface area contributed by atoms with Crippen LogP contribution in [0.3, 0.4) is 0 Å². The lowest BCUT2D eigenvalue weighted by molar-refractivity contribution is -0.159. The van der Waals surface area contributed by atoms with E-state index in [1.54, 1.807) is 0 Å². The molecule has 0 aromatic carbocycles. The maximum absolute atomic E-state index is 12.2. The minimum Gasteiger partial charge on any atom is -0.389 e. The number of carbonyl (C=O) groups is 1. The van der Waals surface area contributed by atoms with Gasteiger partial charge in [-0.15, -0.1) is 0 Å². The van der Waals surface area contributed by atoms with Crippen LogP contribution in [0, 0.1) is 11.8 Å². The number of amides is 1. The number of rotatable bonds is 6. The van der Waals surface area contributed by atoms with E-state index < -0.39 is 6.10 Å². The van der Waals surface area contributed by atoms with Crippen LogP contribution >= 0.6 is 0 Å². The zero-order valence-corrected chi connectivity index (χ0v) is 16.9. The Balaban J connectivity index is 1.32. The molecule has 0 bridgehead atoms. The quantitative estimate of drug-likeness (QED) is 0.696. The summed E-state index contributed by atoms with van der Waals surface area (Å²) in [4.78, 5) is 14.6. The Bertz CT molecular complexity index is 509. The van der Waals surface area contributed by atoms with Crippen LogP contribution in [0.15, 0.2) is 0 Å². The highest BCUT2D eigenvalue weighted by Crippen LogP contribution is 2.30. The fourth-order valence-corrected chi connectivity index (χ4v) is 4.78. The predicted octanol–water partition coefficient (Wildman–Crippen LogP) is 0.939. The first-order valence-electron chi connectivity index (χ1n) is 11.2. The van der Waals surface area contributed by atoms with Crippen molar-refractivity contribution in [3.05, 3.63) is 0 Å². The summed E-state index contributed by atoms with van der Waals surface area (Å²) in [6.07, 6.45) is 6.48. The van der Waals surface area contributed by atoms with E-state index in [2.05, 4.69) is 10.2 Å². The summed E-state index contributed by atoms with van der Waals surface area (Å²) in [5.41, 5.74) is 0. The maximum Gasteiger partial charge on any atom is 0.222 e. The molecule has 0 radical (unpaired) electrons. The SMILES string of the molecule is O=C(C[C@H]1CC[C@H]2[C@@H](COC[C@@H](O)CN2CC2CCOCC2)O1)NCC1CC1. The van der Waals surface area contributed by atoms with Crippen LogP contribution in [0.25, 0.3) is 0 Å². The van der Waals surface area contributed by atoms with Crippen molar-refractivity contribution in [1.29, 1.82) is 0 Å². The molecule has 1 aliphatic carbocycles. The average Bonchev–Trinajstić information content (AvgIpc) is 3.50. The number of carbonyl (C=O) groups excluding carboxylic acids is 1.